The molecule has 2 aliphatic heterocycles. The molecule has 0 radical (unpaired) electrons. The van der Waals surface area contributed by atoms with Gasteiger partial charge in [-0.2, -0.15) is 0 Å². The first-order valence-corrected chi connectivity index (χ1v) is 6.45. The Balaban J connectivity index is 1.75. The third-order valence-electron chi connectivity index (χ3n) is 3.62. The van der Waals surface area contributed by atoms with Gasteiger partial charge < -0.3 is 14.5 Å². The second-order valence-electron chi connectivity index (χ2n) is 5.21. The van der Waals surface area contributed by atoms with Gasteiger partial charge in [-0.15, -0.1) is 0 Å². The first-order chi connectivity index (χ1) is 7.74. The van der Waals surface area contributed by atoms with E-state index in [4.69, 9.17) is 4.74 Å². The van der Waals surface area contributed by atoms with E-state index >= 15 is 0 Å². The summed E-state index contributed by atoms with van der Waals surface area (Å²) in [6.45, 7) is 9.04. The molecule has 2 saturated heterocycles. The summed E-state index contributed by atoms with van der Waals surface area (Å²) in [4.78, 5) is 7.36. The fraction of sp³-hybridized carbons (Fsp3) is 1.00. The fourth-order valence-electron chi connectivity index (χ4n) is 2.55. The predicted octanol–water partition coefficient (Wildman–Crippen LogP) is -0.0455. The van der Waals surface area contributed by atoms with Gasteiger partial charge in [-0.05, 0) is 33.6 Å². The van der Waals surface area contributed by atoms with Gasteiger partial charge >= 0.3 is 0 Å². The minimum atomic E-state index is 0.419. The van der Waals surface area contributed by atoms with Gasteiger partial charge in [-0.3, -0.25) is 4.90 Å². The summed E-state index contributed by atoms with van der Waals surface area (Å²) in [5.74, 6) is 0. The molecule has 2 fully saturated rings. The summed E-state index contributed by atoms with van der Waals surface area (Å²) < 4.78 is 5.82. The third kappa shape index (κ3) is 3.70. The van der Waals surface area contributed by atoms with Crippen LogP contribution < -0.4 is 0 Å². The van der Waals surface area contributed by atoms with E-state index in [0.717, 1.165) is 26.2 Å². The Morgan fingerprint density at radius 3 is 2.69 bits per heavy atom. The Morgan fingerprint density at radius 2 is 1.88 bits per heavy atom. The molecule has 0 bridgehead atoms. The monoisotopic (exact) mass is 227 g/mol. The van der Waals surface area contributed by atoms with Crippen LogP contribution in [0.2, 0.25) is 0 Å². The maximum absolute atomic E-state index is 5.82. The van der Waals surface area contributed by atoms with Crippen molar-refractivity contribution in [3.8, 4) is 0 Å². The highest BCUT2D eigenvalue weighted by Gasteiger charge is 2.21. The van der Waals surface area contributed by atoms with Gasteiger partial charge in [0, 0.05) is 32.7 Å². The van der Waals surface area contributed by atoms with Crippen molar-refractivity contribution in [1.82, 2.24) is 14.7 Å². The highest BCUT2D eigenvalue weighted by molar-refractivity contribution is 4.75. The molecule has 4 heteroatoms. The summed E-state index contributed by atoms with van der Waals surface area (Å²) in [6, 6.07) is 0. The Morgan fingerprint density at radius 1 is 1.00 bits per heavy atom. The molecule has 0 N–H and O–H groups in total. The Kier molecular flexibility index (Phi) is 4.58. The zero-order valence-electron chi connectivity index (χ0n) is 10.7. The smallest absolute Gasteiger partial charge is 0.0829 e. The summed E-state index contributed by atoms with van der Waals surface area (Å²) in [5, 5.41) is 0. The van der Waals surface area contributed by atoms with Crippen molar-refractivity contribution < 1.29 is 4.74 Å². The summed E-state index contributed by atoms with van der Waals surface area (Å²) in [6.07, 6.45) is 1.71. The lowest BCUT2D eigenvalue weighted by atomic mass is 10.2. The molecule has 94 valence electrons. The van der Waals surface area contributed by atoms with Crippen LogP contribution in [0.5, 0.6) is 0 Å². The van der Waals surface area contributed by atoms with Crippen molar-refractivity contribution in [1.29, 1.82) is 0 Å². The fourth-order valence-corrected chi connectivity index (χ4v) is 2.55. The molecular weight excluding hydrogens is 202 g/mol. The van der Waals surface area contributed by atoms with Crippen LogP contribution in [-0.2, 0) is 4.74 Å². The van der Waals surface area contributed by atoms with E-state index in [1.54, 1.807) is 0 Å². The molecular formula is C12H25N3O. The van der Waals surface area contributed by atoms with E-state index in [1.165, 1.54) is 32.6 Å². The van der Waals surface area contributed by atoms with Gasteiger partial charge in [0.25, 0.3) is 0 Å². The average Bonchev–Trinajstić information content (AvgIpc) is 2.44. The Labute approximate surface area is 99.1 Å². The molecule has 0 aliphatic carbocycles. The lowest BCUT2D eigenvalue weighted by molar-refractivity contribution is -0.0350. The van der Waals surface area contributed by atoms with Crippen LogP contribution in [-0.4, -0.2) is 87.3 Å². The van der Waals surface area contributed by atoms with Crippen LogP contribution in [0.15, 0.2) is 0 Å². The Hall–Kier alpha value is -0.160. The number of likely N-dealkylation sites (N-methyl/N-ethyl adjacent to an activating group) is 2. The van der Waals surface area contributed by atoms with Crippen molar-refractivity contribution in [3.63, 3.8) is 0 Å². The quantitative estimate of drug-likeness (QED) is 0.658. The highest BCUT2D eigenvalue weighted by atomic mass is 16.5. The van der Waals surface area contributed by atoms with Crippen molar-refractivity contribution in [2.75, 3.05) is 66.5 Å². The molecule has 0 spiro atoms. The molecule has 1 atom stereocenters. The van der Waals surface area contributed by atoms with Crippen molar-refractivity contribution in [2.45, 2.75) is 12.5 Å². The lowest BCUT2D eigenvalue weighted by Crippen LogP contribution is -2.46. The van der Waals surface area contributed by atoms with Gasteiger partial charge in [-0.25, -0.2) is 0 Å². The average molecular weight is 227 g/mol. The number of rotatable bonds is 2. The molecule has 0 aromatic heterocycles. The molecule has 0 saturated carbocycles. The minimum absolute atomic E-state index is 0.419. The number of ether oxygens (including phenoxy) is 1. The predicted molar refractivity (Wildman–Crippen MR) is 65.8 cm³/mol. The standard InChI is InChI=1S/C12H25N3O/c1-13-4-3-5-15(7-6-13)11-12-10-14(2)8-9-16-12/h12H,3-11H2,1-2H3. The summed E-state index contributed by atoms with van der Waals surface area (Å²) in [7, 11) is 4.40. The summed E-state index contributed by atoms with van der Waals surface area (Å²) in [5.41, 5.74) is 0. The number of nitrogens with zero attached hydrogens (tertiary/aromatic N) is 3. The Bertz CT molecular complexity index is 212. The molecule has 0 aromatic carbocycles. The molecule has 2 rings (SSSR count). The molecule has 0 amide bonds. The van der Waals surface area contributed by atoms with Crippen LogP contribution in [0.25, 0.3) is 0 Å². The van der Waals surface area contributed by atoms with E-state index in [1.807, 2.05) is 0 Å². The van der Waals surface area contributed by atoms with Crippen LogP contribution in [0.3, 0.4) is 0 Å². The van der Waals surface area contributed by atoms with Gasteiger partial charge in [0.1, 0.15) is 0 Å². The zero-order chi connectivity index (χ0) is 11.4. The largest absolute Gasteiger partial charge is 0.374 e. The maximum Gasteiger partial charge on any atom is 0.0829 e. The molecule has 0 aromatic rings. The second kappa shape index (κ2) is 5.96. The minimum Gasteiger partial charge on any atom is -0.374 e. The SMILES string of the molecule is CN1CCCN(CC2CN(C)CCO2)CC1. The number of hydrogen-bond donors (Lipinski definition) is 0. The molecule has 2 heterocycles. The summed E-state index contributed by atoms with van der Waals surface area (Å²) >= 11 is 0. The lowest BCUT2D eigenvalue weighted by Gasteiger charge is -2.33. The van der Waals surface area contributed by atoms with Crippen LogP contribution in [0, 0.1) is 0 Å². The van der Waals surface area contributed by atoms with Crippen LogP contribution in [0.4, 0.5) is 0 Å². The van der Waals surface area contributed by atoms with Gasteiger partial charge in [0.05, 0.1) is 12.7 Å². The topological polar surface area (TPSA) is 19.0 Å². The van der Waals surface area contributed by atoms with E-state index in [9.17, 15) is 0 Å². The zero-order valence-corrected chi connectivity index (χ0v) is 10.7. The molecule has 2 aliphatic rings. The van der Waals surface area contributed by atoms with E-state index < -0.39 is 0 Å². The maximum atomic E-state index is 5.82. The van der Waals surface area contributed by atoms with Gasteiger partial charge in [-0.1, -0.05) is 0 Å². The van der Waals surface area contributed by atoms with Gasteiger partial charge in [0.2, 0.25) is 0 Å². The van der Waals surface area contributed by atoms with Gasteiger partial charge in [0.15, 0.2) is 0 Å². The first kappa shape index (κ1) is 12.3. The molecule has 4 nitrogen and oxygen atoms in total. The van der Waals surface area contributed by atoms with Crippen LogP contribution in [0.1, 0.15) is 6.42 Å². The molecule has 16 heavy (non-hydrogen) atoms. The van der Waals surface area contributed by atoms with E-state index in [-0.39, 0.29) is 0 Å². The number of hydrogen-bond acceptors (Lipinski definition) is 4. The van der Waals surface area contributed by atoms with E-state index in [0.29, 0.717) is 6.10 Å². The van der Waals surface area contributed by atoms with Crippen LogP contribution >= 0.6 is 0 Å². The molecule has 1 unspecified atom stereocenters. The third-order valence-corrected chi connectivity index (χ3v) is 3.62. The van der Waals surface area contributed by atoms with Crippen molar-refractivity contribution >= 4 is 0 Å². The number of morpholine rings is 1. The van der Waals surface area contributed by atoms with Crippen molar-refractivity contribution in [2.24, 2.45) is 0 Å². The van der Waals surface area contributed by atoms with Crippen molar-refractivity contribution in [3.05, 3.63) is 0 Å². The first-order valence-electron chi connectivity index (χ1n) is 6.45. The highest BCUT2D eigenvalue weighted by Crippen LogP contribution is 2.07. The normalized spacial score (nSPS) is 31.5. The second-order valence-corrected chi connectivity index (χ2v) is 5.21. The van der Waals surface area contributed by atoms with E-state index in [2.05, 4.69) is 28.8 Å².